The molecule has 5 nitrogen and oxygen atoms in total. The molecule has 0 aliphatic heterocycles. The lowest BCUT2D eigenvalue weighted by Gasteiger charge is -2.08. The molecule has 0 saturated heterocycles. The second kappa shape index (κ2) is 7.21. The molecule has 27 heavy (non-hydrogen) atoms. The van der Waals surface area contributed by atoms with Gasteiger partial charge in [0.1, 0.15) is 12.4 Å². The quantitative estimate of drug-likeness (QED) is 0.505. The highest BCUT2D eigenvalue weighted by Crippen LogP contribution is 2.30. The SMILES string of the molecule is COc1ccc(-c2cn3cccc(OCc4ccccc4Cl)c3n2)cc1N. The van der Waals surface area contributed by atoms with Gasteiger partial charge in [-0.2, -0.15) is 0 Å². The highest BCUT2D eigenvalue weighted by molar-refractivity contribution is 6.31. The third kappa shape index (κ3) is 3.41. The molecule has 4 aromatic rings. The maximum absolute atomic E-state index is 6.21. The molecule has 2 heterocycles. The number of hydrogen-bond donors (Lipinski definition) is 1. The fourth-order valence-corrected chi connectivity index (χ4v) is 3.09. The van der Waals surface area contributed by atoms with Gasteiger partial charge >= 0.3 is 0 Å². The highest BCUT2D eigenvalue weighted by atomic mass is 35.5. The molecule has 0 spiro atoms. The fraction of sp³-hybridized carbons (Fsp3) is 0.0952. The van der Waals surface area contributed by atoms with E-state index < -0.39 is 0 Å². The molecule has 2 aromatic heterocycles. The van der Waals surface area contributed by atoms with Gasteiger partial charge in [0, 0.05) is 28.5 Å². The smallest absolute Gasteiger partial charge is 0.180 e. The van der Waals surface area contributed by atoms with E-state index in [1.807, 2.05) is 71.4 Å². The van der Waals surface area contributed by atoms with Crippen LogP contribution in [0.5, 0.6) is 11.5 Å². The lowest BCUT2D eigenvalue weighted by Crippen LogP contribution is -1.98. The lowest BCUT2D eigenvalue weighted by atomic mass is 10.1. The summed E-state index contributed by atoms with van der Waals surface area (Å²) in [7, 11) is 1.60. The Morgan fingerprint density at radius 1 is 1.07 bits per heavy atom. The molecule has 0 radical (unpaired) electrons. The number of benzene rings is 2. The molecule has 0 amide bonds. The van der Waals surface area contributed by atoms with Gasteiger partial charge in [-0.05, 0) is 36.4 Å². The van der Waals surface area contributed by atoms with Gasteiger partial charge in [0.05, 0.1) is 18.5 Å². The van der Waals surface area contributed by atoms with Crippen LogP contribution in [0.3, 0.4) is 0 Å². The number of methoxy groups -OCH3 is 1. The number of hydrogen-bond acceptors (Lipinski definition) is 4. The minimum atomic E-state index is 0.372. The predicted molar refractivity (Wildman–Crippen MR) is 107 cm³/mol. The molecule has 0 bridgehead atoms. The van der Waals surface area contributed by atoms with E-state index in [0.29, 0.717) is 28.8 Å². The Hall–Kier alpha value is -3.18. The molecule has 6 heteroatoms. The number of halogens is 1. The zero-order valence-corrected chi connectivity index (χ0v) is 15.5. The molecule has 0 atom stereocenters. The Balaban J connectivity index is 1.66. The number of aromatic nitrogens is 2. The van der Waals surface area contributed by atoms with Crippen LogP contribution in [0.2, 0.25) is 5.02 Å². The second-order valence-corrected chi connectivity index (χ2v) is 6.47. The molecule has 0 aliphatic rings. The van der Waals surface area contributed by atoms with Crippen molar-refractivity contribution in [3.8, 4) is 22.8 Å². The number of pyridine rings is 1. The van der Waals surface area contributed by atoms with Gasteiger partial charge < -0.3 is 19.6 Å². The first-order valence-electron chi connectivity index (χ1n) is 8.43. The largest absolute Gasteiger partial charge is 0.495 e. The van der Waals surface area contributed by atoms with Crippen LogP contribution in [0.15, 0.2) is 67.0 Å². The number of nitrogens with two attached hydrogens (primary N) is 1. The van der Waals surface area contributed by atoms with Crippen LogP contribution in [-0.4, -0.2) is 16.5 Å². The van der Waals surface area contributed by atoms with Crippen LogP contribution in [0, 0.1) is 0 Å². The predicted octanol–water partition coefficient (Wildman–Crippen LogP) is 4.82. The number of anilines is 1. The van der Waals surface area contributed by atoms with E-state index >= 15 is 0 Å². The van der Waals surface area contributed by atoms with Gasteiger partial charge in [0.25, 0.3) is 0 Å². The molecule has 4 rings (SSSR count). The maximum Gasteiger partial charge on any atom is 0.180 e. The van der Waals surface area contributed by atoms with Crippen LogP contribution in [-0.2, 0) is 6.61 Å². The molecule has 2 N–H and O–H groups in total. The van der Waals surface area contributed by atoms with Crippen molar-refractivity contribution in [2.45, 2.75) is 6.61 Å². The van der Waals surface area contributed by atoms with Crippen LogP contribution in [0.1, 0.15) is 5.56 Å². The summed E-state index contributed by atoms with van der Waals surface area (Å²) in [5, 5.41) is 0.683. The number of rotatable bonds is 5. The van der Waals surface area contributed by atoms with Crippen molar-refractivity contribution in [1.82, 2.24) is 9.38 Å². The van der Waals surface area contributed by atoms with Crippen molar-refractivity contribution in [2.75, 3.05) is 12.8 Å². The number of nitrogen functional groups attached to an aromatic ring is 1. The van der Waals surface area contributed by atoms with E-state index in [1.54, 1.807) is 7.11 Å². The minimum absolute atomic E-state index is 0.372. The summed E-state index contributed by atoms with van der Waals surface area (Å²) in [6.45, 7) is 0.372. The van der Waals surface area contributed by atoms with Crippen LogP contribution in [0.4, 0.5) is 5.69 Å². The van der Waals surface area contributed by atoms with Crippen molar-refractivity contribution in [3.05, 3.63) is 77.6 Å². The van der Waals surface area contributed by atoms with E-state index in [0.717, 1.165) is 22.5 Å². The topological polar surface area (TPSA) is 61.8 Å². The molecular formula is C21H18ClN3O2. The standard InChI is InChI=1S/C21H18ClN3O2/c1-26-19-9-8-14(11-17(19)23)18-12-25-10-4-7-20(21(25)24-18)27-13-15-5-2-3-6-16(15)22/h2-12H,13,23H2,1H3. The minimum Gasteiger partial charge on any atom is -0.495 e. The van der Waals surface area contributed by atoms with Crippen LogP contribution >= 0.6 is 11.6 Å². The number of fused-ring (bicyclic) bond motifs is 1. The van der Waals surface area contributed by atoms with Crippen LogP contribution in [0.25, 0.3) is 16.9 Å². The summed E-state index contributed by atoms with van der Waals surface area (Å²) >= 11 is 6.21. The number of ether oxygens (including phenoxy) is 2. The van der Waals surface area contributed by atoms with Gasteiger partial charge in [-0.3, -0.25) is 0 Å². The normalized spacial score (nSPS) is 10.9. The molecular weight excluding hydrogens is 362 g/mol. The first-order valence-corrected chi connectivity index (χ1v) is 8.81. The molecule has 0 aliphatic carbocycles. The summed E-state index contributed by atoms with van der Waals surface area (Å²) in [5.41, 5.74) is 9.97. The zero-order valence-electron chi connectivity index (χ0n) is 14.7. The summed E-state index contributed by atoms with van der Waals surface area (Å²) in [6.07, 6.45) is 3.88. The third-order valence-corrected chi connectivity index (χ3v) is 4.68. The van der Waals surface area contributed by atoms with Crippen molar-refractivity contribution in [3.63, 3.8) is 0 Å². The summed E-state index contributed by atoms with van der Waals surface area (Å²) in [4.78, 5) is 4.72. The van der Waals surface area contributed by atoms with Gasteiger partial charge in [0.15, 0.2) is 11.4 Å². The fourth-order valence-electron chi connectivity index (χ4n) is 2.90. The first-order chi connectivity index (χ1) is 13.2. The average Bonchev–Trinajstić information content (AvgIpc) is 3.12. The Morgan fingerprint density at radius 3 is 2.70 bits per heavy atom. The highest BCUT2D eigenvalue weighted by Gasteiger charge is 2.11. The zero-order chi connectivity index (χ0) is 18.8. The lowest BCUT2D eigenvalue weighted by molar-refractivity contribution is 0.308. The summed E-state index contributed by atoms with van der Waals surface area (Å²) in [6, 6.07) is 17.1. The van der Waals surface area contributed by atoms with Crippen molar-refractivity contribution in [2.24, 2.45) is 0 Å². The Labute approximate surface area is 161 Å². The summed E-state index contributed by atoms with van der Waals surface area (Å²) in [5.74, 6) is 1.33. The second-order valence-electron chi connectivity index (χ2n) is 6.07. The van der Waals surface area contributed by atoms with E-state index in [9.17, 15) is 0 Å². The van der Waals surface area contributed by atoms with Crippen molar-refractivity contribution < 1.29 is 9.47 Å². The first kappa shape index (κ1) is 17.2. The molecule has 0 saturated carbocycles. The molecule has 0 unspecified atom stereocenters. The number of imidazole rings is 1. The van der Waals surface area contributed by atoms with E-state index in [4.69, 9.17) is 31.8 Å². The van der Waals surface area contributed by atoms with E-state index in [-0.39, 0.29) is 0 Å². The molecule has 0 fully saturated rings. The van der Waals surface area contributed by atoms with Gasteiger partial charge in [-0.1, -0.05) is 29.8 Å². The third-order valence-electron chi connectivity index (χ3n) is 4.31. The average molecular weight is 380 g/mol. The van der Waals surface area contributed by atoms with Crippen molar-refractivity contribution >= 4 is 22.9 Å². The monoisotopic (exact) mass is 379 g/mol. The van der Waals surface area contributed by atoms with Gasteiger partial charge in [-0.25, -0.2) is 4.98 Å². The van der Waals surface area contributed by atoms with Gasteiger partial charge in [-0.15, -0.1) is 0 Å². The number of nitrogens with zero attached hydrogens (tertiary/aromatic N) is 2. The Kier molecular flexibility index (Phi) is 4.60. The van der Waals surface area contributed by atoms with E-state index in [1.165, 1.54) is 0 Å². The van der Waals surface area contributed by atoms with Gasteiger partial charge in [0.2, 0.25) is 0 Å². The van der Waals surface area contributed by atoms with Crippen LogP contribution < -0.4 is 15.2 Å². The Bertz CT molecular complexity index is 1110. The van der Waals surface area contributed by atoms with E-state index in [2.05, 4.69) is 0 Å². The molecule has 136 valence electrons. The summed E-state index contributed by atoms with van der Waals surface area (Å²) < 4.78 is 13.1. The van der Waals surface area contributed by atoms with Crippen molar-refractivity contribution in [1.29, 1.82) is 0 Å². The maximum atomic E-state index is 6.21. The Morgan fingerprint density at radius 2 is 1.93 bits per heavy atom. The molecule has 2 aromatic carbocycles.